The number of phenolic OH excluding ortho intramolecular Hbond substituents is 1. The van der Waals surface area contributed by atoms with Crippen LogP contribution in [-0.2, 0) is 4.79 Å². The molecule has 0 heterocycles. The van der Waals surface area contributed by atoms with Crippen LogP contribution < -0.4 is 10.6 Å². The first-order chi connectivity index (χ1) is 9.23. The van der Waals surface area contributed by atoms with Crippen molar-refractivity contribution in [1.82, 2.24) is 5.32 Å². The third-order valence-corrected chi connectivity index (χ3v) is 2.47. The van der Waals surface area contributed by atoms with E-state index in [9.17, 15) is 9.90 Å². The predicted molar refractivity (Wildman–Crippen MR) is 78.1 cm³/mol. The van der Waals surface area contributed by atoms with Crippen molar-refractivity contribution in [3.8, 4) is 11.8 Å². The molecule has 1 aromatic rings. The molecule has 0 saturated carbocycles. The number of hydrogen-bond acceptors (Lipinski definition) is 4. The Hall–Kier alpha value is -2.48. The van der Waals surface area contributed by atoms with Crippen LogP contribution in [0, 0.1) is 18.3 Å². The van der Waals surface area contributed by atoms with Crippen molar-refractivity contribution in [3.05, 3.63) is 35.5 Å². The van der Waals surface area contributed by atoms with Crippen molar-refractivity contribution in [2.24, 2.45) is 0 Å². The summed E-state index contributed by atoms with van der Waals surface area (Å²) in [6.45, 7) is 7.56. The molecule has 0 spiro atoms. The molecule has 0 aromatic heterocycles. The van der Waals surface area contributed by atoms with Crippen LogP contribution in [0.3, 0.4) is 0 Å². The average molecular weight is 273 g/mol. The standard InChI is InChI=1S/C15H19N3O2/c1-10-7-12(19)5-6-13(10)18-14(20)11(8-16)9-17-15(2,3)4/h5-7,9,17,19H,1-4H3,(H,18,20)/b11-9-. The summed E-state index contributed by atoms with van der Waals surface area (Å²) in [6.07, 6.45) is 1.41. The lowest BCUT2D eigenvalue weighted by molar-refractivity contribution is -0.112. The van der Waals surface area contributed by atoms with Crippen molar-refractivity contribution in [3.63, 3.8) is 0 Å². The highest BCUT2D eigenvalue weighted by Crippen LogP contribution is 2.20. The van der Waals surface area contributed by atoms with Crippen LogP contribution >= 0.6 is 0 Å². The van der Waals surface area contributed by atoms with Crippen LogP contribution in [0.25, 0.3) is 0 Å². The number of benzene rings is 1. The number of hydrogen-bond donors (Lipinski definition) is 3. The molecule has 106 valence electrons. The Morgan fingerprint density at radius 3 is 2.55 bits per heavy atom. The van der Waals surface area contributed by atoms with Crippen molar-refractivity contribution in [1.29, 1.82) is 5.26 Å². The van der Waals surface area contributed by atoms with Crippen molar-refractivity contribution in [2.75, 3.05) is 5.32 Å². The maximum absolute atomic E-state index is 12.0. The third-order valence-electron chi connectivity index (χ3n) is 2.47. The minimum absolute atomic E-state index is 0.00704. The van der Waals surface area contributed by atoms with Crippen LogP contribution in [0.15, 0.2) is 30.0 Å². The van der Waals surface area contributed by atoms with E-state index in [1.54, 1.807) is 19.1 Å². The average Bonchev–Trinajstić information content (AvgIpc) is 2.32. The summed E-state index contributed by atoms with van der Waals surface area (Å²) in [5.41, 5.74) is 1.05. The molecule has 5 heteroatoms. The minimum Gasteiger partial charge on any atom is -0.508 e. The molecule has 0 unspecified atom stereocenters. The minimum atomic E-state index is -0.488. The monoisotopic (exact) mass is 273 g/mol. The van der Waals surface area contributed by atoms with E-state index in [-0.39, 0.29) is 16.9 Å². The Kier molecular flexibility index (Phi) is 4.76. The first-order valence-corrected chi connectivity index (χ1v) is 6.22. The number of nitriles is 1. The van der Waals surface area contributed by atoms with Gasteiger partial charge in [-0.05, 0) is 51.5 Å². The highest BCUT2D eigenvalue weighted by atomic mass is 16.3. The Labute approximate surface area is 118 Å². The van der Waals surface area contributed by atoms with Crippen molar-refractivity contribution < 1.29 is 9.90 Å². The molecule has 1 amide bonds. The van der Waals surface area contributed by atoms with Gasteiger partial charge in [0, 0.05) is 17.4 Å². The second kappa shape index (κ2) is 6.11. The zero-order valence-corrected chi connectivity index (χ0v) is 12.1. The lowest BCUT2D eigenvalue weighted by atomic mass is 10.1. The molecule has 0 fully saturated rings. The fourth-order valence-electron chi connectivity index (χ4n) is 1.42. The molecule has 0 radical (unpaired) electrons. The van der Waals surface area contributed by atoms with Crippen molar-refractivity contribution in [2.45, 2.75) is 33.2 Å². The Bertz CT molecular complexity index is 578. The number of rotatable bonds is 3. The summed E-state index contributed by atoms with van der Waals surface area (Å²) in [5, 5.41) is 24.0. The van der Waals surface area contributed by atoms with Gasteiger partial charge in [-0.1, -0.05) is 0 Å². The van der Waals surface area contributed by atoms with E-state index in [2.05, 4.69) is 10.6 Å². The highest BCUT2D eigenvalue weighted by molar-refractivity contribution is 6.06. The van der Waals surface area contributed by atoms with E-state index < -0.39 is 5.91 Å². The van der Waals surface area contributed by atoms with Gasteiger partial charge in [-0.2, -0.15) is 5.26 Å². The normalized spacial score (nSPS) is 11.7. The fourth-order valence-corrected chi connectivity index (χ4v) is 1.42. The number of carbonyl (C=O) groups is 1. The number of phenols is 1. The number of aromatic hydroxyl groups is 1. The molecule has 0 aliphatic rings. The lowest BCUT2D eigenvalue weighted by Crippen LogP contribution is -2.32. The summed E-state index contributed by atoms with van der Waals surface area (Å²) in [5.74, 6) is -0.357. The Morgan fingerprint density at radius 1 is 1.40 bits per heavy atom. The van der Waals surface area contributed by atoms with Gasteiger partial charge < -0.3 is 15.7 Å². The SMILES string of the molecule is Cc1cc(O)ccc1NC(=O)/C(C#N)=C\NC(C)(C)C. The Balaban J connectivity index is 2.86. The number of nitrogens with zero attached hydrogens (tertiary/aromatic N) is 1. The molecular formula is C15H19N3O2. The molecular weight excluding hydrogens is 254 g/mol. The van der Waals surface area contributed by atoms with Gasteiger partial charge in [0.25, 0.3) is 5.91 Å². The number of anilines is 1. The zero-order valence-electron chi connectivity index (χ0n) is 12.1. The van der Waals surface area contributed by atoms with Gasteiger partial charge in [0.1, 0.15) is 17.4 Å². The molecule has 0 bridgehead atoms. The number of amides is 1. The van der Waals surface area contributed by atoms with E-state index in [0.717, 1.165) is 5.56 Å². The van der Waals surface area contributed by atoms with Crippen LogP contribution in [0.4, 0.5) is 5.69 Å². The topological polar surface area (TPSA) is 85.2 Å². The molecule has 3 N–H and O–H groups in total. The predicted octanol–water partition coefficient (Wildman–Crippen LogP) is 2.43. The summed E-state index contributed by atoms with van der Waals surface area (Å²) in [7, 11) is 0. The maximum Gasteiger partial charge on any atom is 0.267 e. The molecule has 0 aliphatic carbocycles. The summed E-state index contributed by atoms with van der Waals surface area (Å²) in [6, 6.07) is 6.47. The quantitative estimate of drug-likeness (QED) is 0.448. The number of nitrogens with one attached hydrogen (secondary N) is 2. The van der Waals surface area contributed by atoms with E-state index in [1.165, 1.54) is 12.3 Å². The largest absolute Gasteiger partial charge is 0.508 e. The first kappa shape index (κ1) is 15.6. The van der Waals surface area contributed by atoms with Gasteiger partial charge in [0.2, 0.25) is 0 Å². The molecule has 1 rings (SSSR count). The Morgan fingerprint density at radius 2 is 2.05 bits per heavy atom. The lowest BCUT2D eigenvalue weighted by Gasteiger charge is -2.19. The second-order valence-corrected chi connectivity index (χ2v) is 5.52. The smallest absolute Gasteiger partial charge is 0.267 e. The molecule has 0 aliphatic heterocycles. The van der Waals surface area contributed by atoms with Crippen LogP contribution in [0.5, 0.6) is 5.75 Å². The van der Waals surface area contributed by atoms with Gasteiger partial charge in [-0.3, -0.25) is 4.79 Å². The summed E-state index contributed by atoms with van der Waals surface area (Å²) >= 11 is 0. The molecule has 5 nitrogen and oxygen atoms in total. The van der Waals surface area contributed by atoms with E-state index in [4.69, 9.17) is 5.26 Å². The van der Waals surface area contributed by atoms with E-state index in [0.29, 0.717) is 5.69 Å². The number of aryl methyl sites for hydroxylation is 1. The van der Waals surface area contributed by atoms with E-state index >= 15 is 0 Å². The van der Waals surface area contributed by atoms with Gasteiger partial charge in [0.15, 0.2) is 0 Å². The van der Waals surface area contributed by atoms with E-state index in [1.807, 2.05) is 26.8 Å². The second-order valence-electron chi connectivity index (χ2n) is 5.52. The van der Waals surface area contributed by atoms with Crippen molar-refractivity contribution >= 4 is 11.6 Å². The van der Waals surface area contributed by atoms with Gasteiger partial charge in [0.05, 0.1) is 0 Å². The first-order valence-electron chi connectivity index (χ1n) is 6.22. The van der Waals surface area contributed by atoms with Gasteiger partial charge in [-0.25, -0.2) is 0 Å². The highest BCUT2D eigenvalue weighted by Gasteiger charge is 2.13. The fraction of sp³-hybridized carbons (Fsp3) is 0.333. The van der Waals surface area contributed by atoms with Gasteiger partial charge in [-0.15, -0.1) is 0 Å². The zero-order chi connectivity index (χ0) is 15.3. The van der Waals surface area contributed by atoms with Crippen LogP contribution in [0.2, 0.25) is 0 Å². The molecule has 0 atom stereocenters. The molecule has 0 saturated heterocycles. The molecule has 1 aromatic carbocycles. The van der Waals surface area contributed by atoms with Gasteiger partial charge >= 0.3 is 0 Å². The molecule has 20 heavy (non-hydrogen) atoms. The third kappa shape index (κ3) is 4.65. The van der Waals surface area contributed by atoms with Crippen LogP contribution in [-0.4, -0.2) is 16.6 Å². The summed E-state index contributed by atoms with van der Waals surface area (Å²) < 4.78 is 0. The summed E-state index contributed by atoms with van der Waals surface area (Å²) in [4.78, 5) is 12.0. The maximum atomic E-state index is 12.0. The van der Waals surface area contributed by atoms with Crippen LogP contribution in [0.1, 0.15) is 26.3 Å². The number of carbonyl (C=O) groups excluding carboxylic acids is 1.